The molecule has 0 heterocycles. The molecule has 2 aromatic rings. The lowest BCUT2D eigenvalue weighted by Crippen LogP contribution is -2.24. The Labute approximate surface area is 136 Å². The Kier molecular flexibility index (Phi) is 5.23. The Morgan fingerprint density at radius 3 is 2.24 bits per heavy atom. The fourth-order valence-corrected chi connectivity index (χ4v) is 3.18. The van der Waals surface area contributed by atoms with Crippen molar-refractivity contribution in [3.63, 3.8) is 0 Å². The third kappa shape index (κ3) is 3.96. The van der Waals surface area contributed by atoms with Crippen LogP contribution in [-0.4, -0.2) is 7.05 Å². The molecule has 0 radical (unpaired) electrons. The predicted octanol–water partition coefficient (Wildman–Crippen LogP) is 5.25. The van der Waals surface area contributed by atoms with E-state index in [-0.39, 0.29) is 5.41 Å². The van der Waals surface area contributed by atoms with Crippen LogP contribution in [-0.2, 0) is 11.8 Å². The lowest BCUT2D eigenvalue weighted by molar-refractivity contribution is 0.538. The van der Waals surface area contributed by atoms with E-state index in [2.05, 4.69) is 90.5 Å². The highest BCUT2D eigenvalue weighted by molar-refractivity contribution is 9.10. The van der Waals surface area contributed by atoms with Crippen molar-refractivity contribution >= 4 is 15.9 Å². The van der Waals surface area contributed by atoms with E-state index in [1.807, 2.05) is 7.05 Å². The highest BCUT2D eigenvalue weighted by Crippen LogP contribution is 2.32. The molecule has 0 aliphatic heterocycles. The molecule has 1 nitrogen and oxygen atoms in total. The van der Waals surface area contributed by atoms with Gasteiger partial charge in [-0.05, 0) is 41.6 Å². The summed E-state index contributed by atoms with van der Waals surface area (Å²) in [6.07, 6.45) is 0.977. The number of halogens is 1. The van der Waals surface area contributed by atoms with Gasteiger partial charge in [0.2, 0.25) is 0 Å². The maximum Gasteiger partial charge on any atom is 0.0361 e. The quantitative estimate of drug-likeness (QED) is 0.797. The minimum absolute atomic E-state index is 0.152. The van der Waals surface area contributed by atoms with Crippen LogP contribution in [0.3, 0.4) is 0 Å². The van der Waals surface area contributed by atoms with Crippen LogP contribution in [0, 0.1) is 0 Å². The second-order valence-corrected chi connectivity index (χ2v) is 7.33. The molecule has 2 rings (SSSR count). The smallest absolute Gasteiger partial charge is 0.0361 e. The van der Waals surface area contributed by atoms with Crippen molar-refractivity contribution in [2.75, 3.05) is 7.05 Å². The van der Waals surface area contributed by atoms with Gasteiger partial charge in [0.05, 0.1) is 0 Å². The zero-order valence-electron chi connectivity index (χ0n) is 13.3. The highest BCUT2D eigenvalue weighted by atomic mass is 79.9. The van der Waals surface area contributed by atoms with E-state index in [9.17, 15) is 0 Å². The molecule has 1 N–H and O–H groups in total. The molecule has 0 aromatic heterocycles. The second-order valence-electron chi connectivity index (χ2n) is 6.47. The number of nitrogens with one attached hydrogen (secondary N) is 1. The number of hydrogen-bond acceptors (Lipinski definition) is 1. The van der Waals surface area contributed by atoms with Gasteiger partial charge < -0.3 is 5.32 Å². The zero-order valence-corrected chi connectivity index (χ0v) is 14.9. The van der Waals surface area contributed by atoms with E-state index >= 15 is 0 Å². The van der Waals surface area contributed by atoms with Gasteiger partial charge in [-0.1, -0.05) is 79.2 Å². The summed E-state index contributed by atoms with van der Waals surface area (Å²) in [5.41, 5.74) is 4.29. The van der Waals surface area contributed by atoms with E-state index in [1.165, 1.54) is 21.2 Å². The maximum absolute atomic E-state index is 3.66. The summed E-state index contributed by atoms with van der Waals surface area (Å²) in [5.74, 6) is 0. The molecular formula is C19H24BrN. The summed E-state index contributed by atoms with van der Waals surface area (Å²) < 4.78 is 1.18. The minimum atomic E-state index is 0.152. The summed E-state index contributed by atoms with van der Waals surface area (Å²) in [6, 6.07) is 17.5. The first-order valence-corrected chi connectivity index (χ1v) is 8.23. The fourth-order valence-electron chi connectivity index (χ4n) is 2.74. The van der Waals surface area contributed by atoms with Crippen LogP contribution in [0.1, 0.15) is 43.5 Å². The summed E-state index contributed by atoms with van der Waals surface area (Å²) >= 11 is 3.66. The molecule has 1 atom stereocenters. The van der Waals surface area contributed by atoms with Crippen LogP contribution in [0.15, 0.2) is 53.0 Å². The van der Waals surface area contributed by atoms with E-state index in [0.717, 1.165) is 6.42 Å². The van der Waals surface area contributed by atoms with E-state index in [1.54, 1.807) is 0 Å². The SMILES string of the molecule is CNC(Cc1ccccc1Br)c1ccccc1C(C)(C)C. The van der Waals surface area contributed by atoms with Crippen molar-refractivity contribution in [1.82, 2.24) is 5.32 Å². The predicted molar refractivity (Wildman–Crippen MR) is 94.8 cm³/mol. The van der Waals surface area contributed by atoms with E-state index in [0.29, 0.717) is 6.04 Å². The number of hydrogen-bond donors (Lipinski definition) is 1. The van der Waals surface area contributed by atoms with Gasteiger partial charge in [0.25, 0.3) is 0 Å². The molecule has 2 heteroatoms. The molecular weight excluding hydrogens is 322 g/mol. The van der Waals surface area contributed by atoms with E-state index < -0.39 is 0 Å². The lowest BCUT2D eigenvalue weighted by atomic mass is 9.81. The van der Waals surface area contributed by atoms with Gasteiger partial charge in [-0.25, -0.2) is 0 Å². The summed E-state index contributed by atoms with van der Waals surface area (Å²) in [7, 11) is 2.04. The van der Waals surface area contributed by atoms with Crippen molar-refractivity contribution in [1.29, 1.82) is 0 Å². The van der Waals surface area contributed by atoms with Crippen LogP contribution in [0.25, 0.3) is 0 Å². The maximum atomic E-state index is 3.66. The normalized spacial score (nSPS) is 13.2. The van der Waals surface area contributed by atoms with Crippen molar-refractivity contribution in [3.05, 3.63) is 69.7 Å². The highest BCUT2D eigenvalue weighted by Gasteiger charge is 2.22. The largest absolute Gasteiger partial charge is 0.313 e. The molecule has 0 aliphatic carbocycles. The third-order valence-electron chi connectivity index (χ3n) is 3.87. The molecule has 0 bridgehead atoms. The molecule has 0 saturated heterocycles. The first kappa shape index (κ1) is 16.3. The Balaban J connectivity index is 2.37. The molecule has 1 unspecified atom stereocenters. The zero-order chi connectivity index (χ0) is 15.5. The van der Waals surface area contributed by atoms with Gasteiger partial charge >= 0.3 is 0 Å². The molecule has 0 saturated carbocycles. The molecule has 0 aliphatic rings. The standard InChI is InChI=1S/C19H24BrN/c1-19(2,3)16-11-7-6-10-15(16)18(21-4)13-14-9-5-8-12-17(14)20/h5-12,18,21H,13H2,1-4H3. The van der Waals surface area contributed by atoms with Gasteiger partial charge in [0.15, 0.2) is 0 Å². The summed E-state index contributed by atoms with van der Waals surface area (Å²) in [6.45, 7) is 6.82. The third-order valence-corrected chi connectivity index (χ3v) is 4.65. The second kappa shape index (κ2) is 6.76. The monoisotopic (exact) mass is 345 g/mol. The Morgan fingerprint density at radius 2 is 1.62 bits per heavy atom. The lowest BCUT2D eigenvalue weighted by Gasteiger charge is -2.27. The van der Waals surface area contributed by atoms with Crippen molar-refractivity contribution < 1.29 is 0 Å². The van der Waals surface area contributed by atoms with Gasteiger partial charge in [-0.2, -0.15) is 0 Å². The molecule has 2 aromatic carbocycles. The van der Waals surface area contributed by atoms with Crippen LogP contribution < -0.4 is 5.32 Å². The number of benzene rings is 2. The van der Waals surface area contributed by atoms with Crippen molar-refractivity contribution in [2.24, 2.45) is 0 Å². The Morgan fingerprint density at radius 1 is 1.00 bits per heavy atom. The average molecular weight is 346 g/mol. The van der Waals surface area contributed by atoms with Crippen molar-refractivity contribution in [3.8, 4) is 0 Å². The van der Waals surface area contributed by atoms with Gasteiger partial charge in [-0.15, -0.1) is 0 Å². The molecule has 112 valence electrons. The molecule has 0 amide bonds. The average Bonchev–Trinajstić information content (AvgIpc) is 2.45. The van der Waals surface area contributed by atoms with Crippen LogP contribution in [0.2, 0.25) is 0 Å². The first-order chi connectivity index (χ1) is 9.93. The Hall–Kier alpha value is -1.12. The van der Waals surface area contributed by atoms with Crippen molar-refractivity contribution in [2.45, 2.75) is 38.6 Å². The molecule has 0 fully saturated rings. The molecule has 0 spiro atoms. The van der Waals surface area contributed by atoms with Crippen LogP contribution in [0.5, 0.6) is 0 Å². The number of rotatable bonds is 4. The van der Waals surface area contributed by atoms with Gasteiger partial charge in [0.1, 0.15) is 0 Å². The van der Waals surface area contributed by atoms with Gasteiger partial charge in [0, 0.05) is 10.5 Å². The van der Waals surface area contributed by atoms with Crippen LogP contribution >= 0.6 is 15.9 Å². The number of likely N-dealkylation sites (N-methyl/N-ethyl adjacent to an activating group) is 1. The Bertz CT molecular complexity index is 599. The minimum Gasteiger partial charge on any atom is -0.313 e. The molecule has 21 heavy (non-hydrogen) atoms. The van der Waals surface area contributed by atoms with Crippen LogP contribution in [0.4, 0.5) is 0 Å². The fraction of sp³-hybridized carbons (Fsp3) is 0.368. The summed E-state index contributed by atoms with van der Waals surface area (Å²) in [5, 5.41) is 3.49. The van der Waals surface area contributed by atoms with Gasteiger partial charge in [-0.3, -0.25) is 0 Å². The first-order valence-electron chi connectivity index (χ1n) is 7.43. The topological polar surface area (TPSA) is 12.0 Å². The van der Waals surface area contributed by atoms with E-state index in [4.69, 9.17) is 0 Å². The summed E-state index contributed by atoms with van der Waals surface area (Å²) in [4.78, 5) is 0.